The molecule has 1 aliphatic rings. The molecule has 1 aromatic heterocycles. The minimum absolute atomic E-state index is 0.00487. The number of halogens is 1. The molecule has 1 atom stereocenters. The molecule has 1 heterocycles. The summed E-state index contributed by atoms with van der Waals surface area (Å²) in [6.45, 7) is 2.11. The summed E-state index contributed by atoms with van der Waals surface area (Å²) in [5.41, 5.74) is 2.33. The largest absolute Gasteiger partial charge is 0.337 e. The second-order valence-corrected chi connectivity index (χ2v) is 6.58. The van der Waals surface area contributed by atoms with Gasteiger partial charge in [0.15, 0.2) is 0 Å². The highest BCUT2D eigenvalue weighted by Crippen LogP contribution is 2.35. The summed E-state index contributed by atoms with van der Waals surface area (Å²) in [6, 6.07) is 9.99. The fraction of sp³-hybridized carbons (Fsp3) is 0.375. The second-order valence-electron chi connectivity index (χ2n) is 5.67. The summed E-state index contributed by atoms with van der Waals surface area (Å²) in [6.07, 6.45) is 2.46. The number of H-pyrrole nitrogens is 1. The first-order chi connectivity index (χ1) is 10.1. The van der Waals surface area contributed by atoms with Crippen molar-refractivity contribution in [1.82, 2.24) is 15.1 Å². The van der Waals surface area contributed by atoms with Crippen LogP contribution in [0.4, 0.5) is 0 Å². The minimum Gasteiger partial charge on any atom is -0.337 e. The predicted octanol–water partition coefficient (Wildman–Crippen LogP) is 3.71. The van der Waals surface area contributed by atoms with Gasteiger partial charge in [0.2, 0.25) is 0 Å². The summed E-state index contributed by atoms with van der Waals surface area (Å²) in [5.74, 6) is 0.665. The number of amides is 1. The molecule has 0 radical (unpaired) electrons. The highest BCUT2D eigenvalue weighted by atomic mass is 79.9. The molecule has 21 heavy (non-hydrogen) atoms. The van der Waals surface area contributed by atoms with E-state index in [2.05, 4.69) is 33.1 Å². The maximum atomic E-state index is 12.5. The van der Waals surface area contributed by atoms with Crippen LogP contribution in [-0.2, 0) is 0 Å². The average Bonchev–Trinajstić information content (AvgIpc) is 3.23. The van der Waals surface area contributed by atoms with Crippen LogP contribution in [0.15, 0.2) is 34.8 Å². The normalized spacial score (nSPS) is 15.8. The fourth-order valence-electron chi connectivity index (χ4n) is 2.47. The Balaban J connectivity index is 1.77. The lowest BCUT2D eigenvalue weighted by Gasteiger charge is -2.24. The SMILES string of the molecule is CC(C1CC1)N(C)C(=O)c1cc(-c2ccc(Br)cc2)n[nH]1. The third kappa shape index (κ3) is 3.02. The van der Waals surface area contributed by atoms with E-state index >= 15 is 0 Å². The quantitative estimate of drug-likeness (QED) is 0.916. The van der Waals surface area contributed by atoms with Crippen molar-refractivity contribution in [2.24, 2.45) is 5.92 Å². The van der Waals surface area contributed by atoms with Gasteiger partial charge in [0, 0.05) is 23.1 Å². The fourth-order valence-corrected chi connectivity index (χ4v) is 2.73. The summed E-state index contributed by atoms with van der Waals surface area (Å²) in [5, 5.41) is 7.11. The van der Waals surface area contributed by atoms with Crippen molar-refractivity contribution in [3.05, 3.63) is 40.5 Å². The average molecular weight is 348 g/mol. The standard InChI is InChI=1S/C16H18BrN3O/c1-10(11-3-4-11)20(2)16(21)15-9-14(18-19-15)12-5-7-13(17)8-6-12/h5-11H,3-4H2,1-2H3,(H,18,19). The topological polar surface area (TPSA) is 49.0 Å². The van der Waals surface area contributed by atoms with E-state index in [0.29, 0.717) is 11.6 Å². The lowest BCUT2D eigenvalue weighted by molar-refractivity contribution is 0.0721. The minimum atomic E-state index is 0.00487. The number of carbonyl (C=O) groups excluding carboxylic acids is 1. The first-order valence-electron chi connectivity index (χ1n) is 7.15. The number of benzene rings is 1. The van der Waals surface area contributed by atoms with E-state index in [-0.39, 0.29) is 11.9 Å². The second kappa shape index (κ2) is 5.64. The van der Waals surface area contributed by atoms with Gasteiger partial charge in [-0.3, -0.25) is 9.89 Å². The number of nitrogens with one attached hydrogen (secondary N) is 1. The molecule has 3 rings (SSSR count). The molecule has 0 aliphatic heterocycles. The van der Waals surface area contributed by atoms with Crippen LogP contribution >= 0.6 is 15.9 Å². The maximum absolute atomic E-state index is 12.5. The van der Waals surface area contributed by atoms with Gasteiger partial charge in [-0.25, -0.2) is 0 Å². The molecule has 1 unspecified atom stereocenters. The molecule has 5 heteroatoms. The molecule has 1 aromatic carbocycles. The number of rotatable bonds is 4. The van der Waals surface area contributed by atoms with Crippen LogP contribution in [0.1, 0.15) is 30.3 Å². The zero-order chi connectivity index (χ0) is 15.0. The molecule has 1 aliphatic carbocycles. The molecular weight excluding hydrogens is 330 g/mol. The van der Waals surface area contributed by atoms with Gasteiger partial charge < -0.3 is 4.90 Å². The zero-order valence-corrected chi connectivity index (χ0v) is 13.7. The molecule has 1 N–H and O–H groups in total. The Morgan fingerprint density at radius 3 is 2.67 bits per heavy atom. The zero-order valence-electron chi connectivity index (χ0n) is 12.1. The monoisotopic (exact) mass is 347 g/mol. The van der Waals surface area contributed by atoms with Crippen molar-refractivity contribution in [2.75, 3.05) is 7.05 Å². The van der Waals surface area contributed by atoms with E-state index < -0.39 is 0 Å². The Hall–Kier alpha value is -1.62. The Labute approximate surface area is 132 Å². The van der Waals surface area contributed by atoms with Gasteiger partial charge in [-0.15, -0.1) is 0 Å². The summed E-state index contributed by atoms with van der Waals surface area (Å²) in [4.78, 5) is 14.3. The van der Waals surface area contributed by atoms with Crippen molar-refractivity contribution in [2.45, 2.75) is 25.8 Å². The molecule has 0 saturated heterocycles. The van der Waals surface area contributed by atoms with Crippen LogP contribution in [0.5, 0.6) is 0 Å². The van der Waals surface area contributed by atoms with Gasteiger partial charge >= 0.3 is 0 Å². The molecule has 110 valence electrons. The van der Waals surface area contributed by atoms with E-state index in [1.54, 1.807) is 0 Å². The summed E-state index contributed by atoms with van der Waals surface area (Å²) < 4.78 is 1.02. The van der Waals surface area contributed by atoms with Crippen LogP contribution in [0.3, 0.4) is 0 Å². The molecule has 1 saturated carbocycles. The van der Waals surface area contributed by atoms with Crippen LogP contribution in [-0.4, -0.2) is 34.1 Å². The van der Waals surface area contributed by atoms with Crippen molar-refractivity contribution >= 4 is 21.8 Å². The van der Waals surface area contributed by atoms with Crippen molar-refractivity contribution in [3.63, 3.8) is 0 Å². The molecule has 0 spiro atoms. The van der Waals surface area contributed by atoms with Gasteiger partial charge in [0.05, 0.1) is 5.69 Å². The van der Waals surface area contributed by atoms with Crippen molar-refractivity contribution in [1.29, 1.82) is 0 Å². The third-order valence-electron chi connectivity index (χ3n) is 4.18. The Morgan fingerprint density at radius 1 is 1.38 bits per heavy atom. The van der Waals surface area contributed by atoms with E-state index in [1.807, 2.05) is 42.3 Å². The Morgan fingerprint density at radius 2 is 2.05 bits per heavy atom. The number of hydrogen-bond donors (Lipinski definition) is 1. The van der Waals surface area contributed by atoms with Crippen molar-refractivity contribution in [3.8, 4) is 11.3 Å². The molecule has 1 fully saturated rings. The Kier molecular flexibility index (Phi) is 3.85. The van der Waals surface area contributed by atoms with Gasteiger partial charge in [0.25, 0.3) is 5.91 Å². The van der Waals surface area contributed by atoms with Crippen molar-refractivity contribution < 1.29 is 4.79 Å². The first-order valence-corrected chi connectivity index (χ1v) is 7.94. The number of hydrogen-bond acceptors (Lipinski definition) is 2. The Bertz CT molecular complexity index is 646. The first kappa shape index (κ1) is 14.3. The predicted molar refractivity (Wildman–Crippen MR) is 86.0 cm³/mol. The maximum Gasteiger partial charge on any atom is 0.271 e. The molecule has 1 amide bonds. The van der Waals surface area contributed by atoms with E-state index in [9.17, 15) is 4.79 Å². The van der Waals surface area contributed by atoms with E-state index in [0.717, 1.165) is 15.7 Å². The van der Waals surface area contributed by atoms with E-state index in [4.69, 9.17) is 0 Å². The number of aromatic amines is 1. The smallest absolute Gasteiger partial charge is 0.271 e. The lowest BCUT2D eigenvalue weighted by Crippen LogP contribution is -2.36. The van der Waals surface area contributed by atoms with Gasteiger partial charge in [0.1, 0.15) is 5.69 Å². The summed E-state index contributed by atoms with van der Waals surface area (Å²) >= 11 is 3.41. The van der Waals surface area contributed by atoms with Gasteiger partial charge in [-0.1, -0.05) is 28.1 Å². The van der Waals surface area contributed by atoms with Crippen LogP contribution in [0.2, 0.25) is 0 Å². The third-order valence-corrected chi connectivity index (χ3v) is 4.71. The van der Waals surface area contributed by atoms with Crippen LogP contribution in [0.25, 0.3) is 11.3 Å². The summed E-state index contributed by atoms with van der Waals surface area (Å²) in [7, 11) is 1.87. The molecular formula is C16H18BrN3O. The molecule has 0 bridgehead atoms. The molecule has 2 aromatic rings. The van der Waals surface area contributed by atoms with Crippen LogP contribution < -0.4 is 0 Å². The molecule has 4 nitrogen and oxygen atoms in total. The van der Waals surface area contributed by atoms with Gasteiger partial charge in [-0.05, 0) is 43.9 Å². The van der Waals surface area contributed by atoms with Gasteiger partial charge in [-0.2, -0.15) is 5.10 Å². The highest BCUT2D eigenvalue weighted by molar-refractivity contribution is 9.10. The number of carbonyl (C=O) groups is 1. The van der Waals surface area contributed by atoms with Crippen LogP contribution in [0, 0.1) is 5.92 Å². The number of nitrogens with zero attached hydrogens (tertiary/aromatic N) is 2. The number of aromatic nitrogens is 2. The van der Waals surface area contributed by atoms with E-state index in [1.165, 1.54) is 12.8 Å². The highest BCUT2D eigenvalue weighted by Gasteiger charge is 2.33. The lowest BCUT2D eigenvalue weighted by atomic mass is 10.1.